The summed E-state index contributed by atoms with van der Waals surface area (Å²) in [5, 5.41) is 2.83. The van der Waals surface area contributed by atoms with E-state index in [1.165, 1.54) is 12.3 Å². The lowest BCUT2D eigenvalue weighted by Gasteiger charge is -2.30. The minimum atomic E-state index is -0.555. The maximum absolute atomic E-state index is 14.7. The Bertz CT molecular complexity index is 1340. The molecule has 3 aromatic heterocycles. The van der Waals surface area contributed by atoms with E-state index in [1.807, 2.05) is 24.3 Å². The van der Waals surface area contributed by atoms with Crippen molar-refractivity contribution in [3.63, 3.8) is 0 Å². The third kappa shape index (κ3) is 5.69. The standard InChI is InChI=1S/C27H26FN7O/c1-18(23-5-3-4-6-24(23)28)35(26(36)21-8-10-25(33-16-21)34-27(29)30-2)17-22-9-7-20(15-32-22)19-11-13-31-14-12-19/h3-16,18H,17H2,1-2H3,(H3,29,30,33,34)/t18-/m1/s1. The Morgan fingerprint density at radius 2 is 1.81 bits per heavy atom. The first-order valence-corrected chi connectivity index (χ1v) is 11.3. The largest absolute Gasteiger partial charge is 0.370 e. The number of rotatable bonds is 7. The molecule has 182 valence electrons. The molecule has 0 spiro atoms. The lowest BCUT2D eigenvalue weighted by molar-refractivity contribution is 0.0668. The first-order valence-electron chi connectivity index (χ1n) is 11.3. The van der Waals surface area contributed by atoms with Crippen molar-refractivity contribution in [2.45, 2.75) is 19.5 Å². The molecule has 4 rings (SSSR count). The van der Waals surface area contributed by atoms with Crippen molar-refractivity contribution in [3.05, 3.63) is 108 Å². The van der Waals surface area contributed by atoms with E-state index in [2.05, 4.69) is 25.3 Å². The first-order chi connectivity index (χ1) is 17.5. The van der Waals surface area contributed by atoms with E-state index in [0.717, 1.165) is 11.1 Å². The molecule has 3 N–H and O–H groups in total. The van der Waals surface area contributed by atoms with Crippen molar-refractivity contribution < 1.29 is 9.18 Å². The Labute approximate surface area is 208 Å². The highest BCUT2D eigenvalue weighted by atomic mass is 19.1. The molecule has 1 aromatic carbocycles. The SMILES string of the molecule is CN=C(N)Nc1ccc(C(=O)N(Cc2ccc(-c3ccncc3)cn2)[C@H](C)c2ccccc2F)cn1. The van der Waals surface area contributed by atoms with E-state index in [0.29, 0.717) is 22.6 Å². The molecule has 1 atom stereocenters. The lowest BCUT2D eigenvalue weighted by Crippen LogP contribution is -2.34. The fourth-order valence-electron chi connectivity index (χ4n) is 3.72. The van der Waals surface area contributed by atoms with E-state index in [4.69, 9.17) is 5.73 Å². The number of aromatic nitrogens is 3. The normalized spacial score (nSPS) is 12.1. The van der Waals surface area contributed by atoms with E-state index in [9.17, 15) is 9.18 Å². The van der Waals surface area contributed by atoms with Gasteiger partial charge in [-0.25, -0.2) is 9.37 Å². The van der Waals surface area contributed by atoms with Gasteiger partial charge in [0.1, 0.15) is 11.6 Å². The summed E-state index contributed by atoms with van der Waals surface area (Å²) in [5.74, 6) is -0.0212. The average Bonchev–Trinajstić information content (AvgIpc) is 2.92. The van der Waals surface area contributed by atoms with Crippen LogP contribution in [0.4, 0.5) is 10.2 Å². The van der Waals surface area contributed by atoms with Gasteiger partial charge in [0, 0.05) is 43.0 Å². The summed E-state index contributed by atoms with van der Waals surface area (Å²) in [6, 6.07) is 16.8. The molecule has 0 fully saturated rings. The summed E-state index contributed by atoms with van der Waals surface area (Å²) >= 11 is 0. The van der Waals surface area contributed by atoms with Gasteiger partial charge in [0.15, 0.2) is 5.96 Å². The number of pyridine rings is 3. The highest BCUT2D eigenvalue weighted by molar-refractivity contribution is 5.95. The molecule has 0 bridgehead atoms. The Morgan fingerprint density at radius 1 is 1.03 bits per heavy atom. The van der Waals surface area contributed by atoms with E-state index < -0.39 is 6.04 Å². The van der Waals surface area contributed by atoms with Gasteiger partial charge in [-0.3, -0.25) is 19.8 Å². The Balaban J connectivity index is 1.62. The quantitative estimate of drug-likeness (QED) is 0.297. The van der Waals surface area contributed by atoms with Crippen molar-refractivity contribution in [1.82, 2.24) is 19.9 Å². The minimum absolute atomic E-state index is 0.181. The molecule has 9 heteroatoms. The van der Waals surface area contributed by atoms with E-state index >= 15 is 0 Å². The Kier molecular flexibility index (Phi) is 7.60. The maximum Gasteiger partial charge on any atom is 0.256 e. The third-order valence-electron chi connectivity index (χ3n) is 5.76. The molecule has 0 aliphatic rings. The second-order valence-electron chi connectivity index (χ2n) is 8.07. The summed E-state index contributed by atoms with van der Waals surface area (Å²) in [6.07, 6.45) is 6.65. The number of nitrogens with two attached hydrogens (primary N) is 1. The van der Waals surface area contributed by atoms with Crippen LogP contribution in [0.1, 0.15) is 34.6 Å². The predicted octanol–water partition coefficient (Wildman–Crippen LogP) is 4.44. The van der Waals surface area contributed by atoms with Gasteiger partial charge in [0.2, 0.25) is 0 Å². The summed E-state index contributed by atoms with van der Waals surface area (Å²) in [4.78, 5) is 31.9. The van der Waals surface area contributed by atoms with Gasteiger partial charge in [-0.05, 0) is 48.9 Å². The first kappa shape index (κ1) is 24.5. The van der Waals surface area contributed by atoms with Crippen LogP contribution in [0.2, 0.25) is 0 Å². The highest BCUT2D eigenvalue weighted by Gasteiger charge is 2.25. The van der Waals surface area contributed by atoms with Crippen molar-refractivity contribution in [1.29, 1.82) is 0 Å². The molecule has 36 heavy (non-hydrogen) atoms. The fraction of sp³-hybridized carbons (Fsp3) is 0.148. The monoisotopic (exact) mass is 483 g/mol. The second-order valence-corrected chi connectivity index (χ2v) is 8.07. The molecule has 0 aliphatic heterocycles. The molecular weight excluding hydrogens is 457 g/mol. The van der Waals surface area contributed by atoms with Gasteiger partial charge >= 0.3 is 0 Å². The van der Waals surface area contributed by atoms with Gasteiger partial charge in [-0.2, -0.15) is 0 Å². The highest BCUT2D eigenvalue weighted by Crippen LogP contribution is 2.27. The molecule has 0 saturated carbocycles. The number of benzene rings is 1. The number of guanidine groups is 1. The van der Waals surface area contributed by atoms with Crippen LogP contribution in [-0.2, 0) is 6.54 Å². The molecule has 4 aromatic rings. The Morgan fingerprint density at radius 3 is 2.44 bits per heavy atom. The number of hydrogen-bond acceptors (Lipinski definition) is 5. The van der Waals surface area contributed by atoms with E-state index in [1.54, 1.807) is 67.8 Å². The smallest absolute Gasteiger partial charge is 0.256 e. The molecule has 8 nitrogen and oxygen atoms in total. The predicted molar refractivity (Wildman–Crippen MR) is 138 cm³/mol. The maximum atomic E-state index is 14.7. The molecule has 0 saturated heterocycles. The van der Waals surface area contributed by atoms with Gasteiger partial charge < -0.3 is 16.0 Å². The molecular formula is C27H26FN7O. The molecule has 0 radical (unpaired) electrons. The van der Waals surface area contributed by atoms with Crippen molar-refractivity contribution in [2.24, 2.45) is 10.7 Å². The summed E-state index contributed by atoms with van der Waals surface area (Å²) in [6.45, 7) is 1.98. The van der Waals surface area contributed by atoms with Crippen molar-refractivity contribution >= 4 is 17.7 Å². The van der Waals surface area contributed by atoms with Gasteiger partial charge in [-0.15, -0.1) is 0 Å². The number of aliphatic imine (C=N–C) groups is 1. The second kappa shape index (κ2) is 11.2. The number of anilines is 1. The summed E-state index contributed by atoms with van der Waals surface area (Å²) in [5.41, 5.74) is 9.04. The molecule has 3 heterocycles. The average molecular weight is 484 g/mol. The van der Waals surface area contributed by atoms with Crippen LogP contribution in [0.3, 0.4) is 0 Å². The molecule has 1 amide bonds. The third-order valence-corrected chi connectivity index (χ3v) is 5.76. The lowest BCUT2D eigenvalue weighted by atomic mass is 10.0. The van der Waals surface area contributed by atoms with Crippen LogP contribution in [0.25, 0.3) is 11.1 Å². The zero-order valence-corrected chi connectivity index (χ0v) is 20.0. The summed E-state index contributed by atoms with van der Waals surface area (Å²) < 4.78 is 14.7. The Hall–Kier alpha value is -4.66. The number of amides is 1. The number of halogens is 1. The zero-order valence-electron chi connectivity index (χ0n) is 20.0. The van der Waals surface area contributed by atoms with Crippen LogP contribution in [0.15, 0.2) is 90.4 Å². The van der Waals surface area contributed by atoms with Gasteiger partial charge in [0.25, 0.3) is 5.91 Å². The zero-order chi connectivity index (χ0) is 25.5. The van der Waals surface area contributed by atoms with Gasteiger partial charge in [0.05, 0.1) is 23.8 Å². The van der Waals surface area contributed by atoms with Crippen molar-refractivity contribution in [3.8, 4) is 11.1 Å². The van der Waals surface area contributed by atoms with Gasteiger partial charge in [-0.1, -0.05) is 24.3 Å². The van der Waals surface area contributed by atoms with E-state index in [-0.39, 0.29) is 24.2 Å². The number of carbonyl (C=O) groups is 1. The molecule has 0 aliphatic carbocycles. The van der Waals surface area contributed by atoms with Crippen molar-refractivity contribution in [2.75, 3.05) is 12.4 Å². The number of nitrogens with zero attached hydrogens (tertiary/aromatic N) is 5. The number of carbonyl (C=O) groups excluding carboxylic acids is 1. The number of nitrogens with one attached hydrogen (secondary N) is 1. The van der Waals surface area contributed by atoms with Crippen LogP contribution in [0, 0.1) is 5.82 Å². The topological polar surface area (TPSA) is 109 Å². The molecule has 0 unspecified atom stereocenters. The summed E-state index contributed by atoms with van der Waals surface area (Å²) in [7, 11) is 1.56. The van der Waals surface area contributed by atoms with Crippen LogP contribution in [-0.4, -0.2) is 38.8 Å². The van der Waals surface area contributed by atoms with Crippen LogP contribution in [0.5, 0.6) is 0 Å². The minimum Gasteiger partial charge on any atom is -0.370 e. The van der Waals surface area contributed by atoms with Crippen LogP contribution >= 0.6 is 0 Å². The van der Waals surface area contributed by atoms with Crippen LogP contribution < -0.4 is 11.1 Å². The number of hydrogen-bond donors (Lipinski definition) is 2. The fourth-order valence-corrected chi connectivity index (χ4v) is 3.72.